The first-order chi connectivity index (χ1) is 12.3. The number of piperazine rings is 1. The van der Waals surface area contributed by atoms with E-state index in [1.165, 1.54) is 9.21 Å². The highest BCUT2D eigenvalue weighted by molar-refractivity contribution is 7.89. The number of sulfonamides is 1. The molecule has 0 radical (unpaired) electrons. The number of hydrogen-bond acceptors (Lipinski definition) is 5. The first-order valence-corrected chi connectivity index (χ1v) is 10.4. The molecule has 1 aliphatic heterocycles. The van der Waals surface area contributed by atoms with Crippen molar-refractivity contribution in [1.82, 2.24) is 9.21 Å². The van der Waals surface area contributed by atoms with Crippen LogP contribution >= 0.6 is 0 Å². The maximum Gasteiger partial charge on any atom is 0.243 e. The largest absolute Gasteiger partial charge is 0.550 e. The van der Waals surface area contributed by atoms with Crippen LogP contribution in [0.4, 0.5) is 0 Å². The summed E-state index contributed by atoms with van der Waals surface area (Å²) in [5.41, 5.74) is 1.12. The Morgan fingerprint density at radius 1 is 1.04 bits per heavy atom. The average Bonchev–Trinajstić information content (AvgIpc) is 2.64. The minimum atomic E-state index is -3.58. The number of hydrogen-bond donors (Lipinski definition) is 0. The highest BCUT2D eigenvalue weighted by Crippen LogP contribution is 2.19. The van der Waals surface area contributed by atoms with Gasteiger partial charge < -0.3 is 14.8 Å². The van der Waals surface area contributed by atoms with Gasteiger partial charge in [0.15, 0.2) is 0 Å². The number of carboxylic acid groups (broad SMARTS) is 1. The van der Waals surface area contributed by atoms with E-state index >= 15 is 0 Å². The standard InChI is InChI=1S/C18H26N2O5S/c1-2-3-4-15-5-7-16(8-6-15)26(24,25)20-13-11-19(12-14-20)17(21)9-10-18(22)23/h5-8H,2-4,9-14H2,1H3,(H,22,23)/p-1. The lowest BCUT2D eigenvalue weighted by Gasteiger charge is -2.34. The predicted octanol–water partition coefficient (Wildman–Crippen LogP) is 0.392. The zero-order valence-electron chi connectivity index (χ0n) is 15.0. The highest BCUT2D eigenvalue weighted by Gasteiger charge is 2.29. The van der Waals surface area contributed by atoms with E-state index in [-0.39, 0.29) is 49.8 Å². The zero-order chi connectivity index (χ0) is 19.2. The molecule has 0 unspecified atom stereocenters. The van der Waals surface area contributed by atoms with Gasteiger partial charge >= 0.3 is 0 Å². The third-order valence-electron chi connectivity index (χ3n) is 4.51. The topological polar surface area (TPSA) is 97.8 Å². The molecule has 0 aliphatic carbocycles. The van der Waals surface area contributed by atoms with Gasteiger partial charge in [-0.2, -0.15) is 4.31 Å². The van der Waals surface area contributed by atoms with Crippen LogP contribution < -0.4 is 5.11 Å². The second-order valence-corrected chi connectivity index (χ2v) is 8.34. The van der Waals surface area contributed by atoms with Crippen molar-refractivity contribution in [3.8, 4) is 0 Å². The number of carboxylic acids is 1. The first-order valence-electron chi connectivity index (χ1n) is 8.91. The number of benzene rings is 1. The smallest absolute Gasteiger partial charge is 0.243 e. The molecule has 1 heterocycles. The van der Waals surface area contributed by atoms with Crippen molar-refractivity contribution in [1.29, 1.82) is 0 Å². The molecular weight excluding hydrogens is 356 g/mol. The highest BCUT2D eigenvalue weighted by atomic mass is 32.2. The molecule has 0 N–H and O–H groups in total. The first kappa shape index (κ1) is 20.4. The number of amides is 1. The third kappa shape index (κ3) is 5.28. The molecule has 8 heteroatoms. The van der Waals surface area contributed by atoms with Crippen LogP contribution in [0.15, 0.2) is 29.2 Å². The number of rotatable bonds is 8. The van der Waals surface area contributed by atoms with Gasteiger partial charge in [-0.25, -0.2) is 8.42 Å². The monoisotopic (exact) mass is 381 g/mol. The molecule has 1 aliphatic rings. The Morgan fingerprint density at radius 2 is 1.65 bits per heavy atom. The van der Waals surface area contributed by atoms with E-state index in [2.05, 4.69) is 6.92 Å². The summed E-state index contributed by atoms with van der Waals surface area (Å²) < 4.78 is 26.9. The van der Waals surface area contributed by atoms with Crippen LogP contribution in [0.2, 0.25) is 0 Å². The van der Waals surface area contributed by atoms with E-state index in [1.54, 1.807) is 12.1 Å². The second-order valence-electron chi connectivity index (χ2n) is 6.40. The molecule has 144 valence electrons. The molecule has 1 fully saturated rings. The van der Waals surface area contributed by atoms with E-state index in [0.717, 1.165) is 24.8 Å². The lowest BCUT2D eigenvalue weighted by atomic mass is 10.1. The lowest BCUT2D eigenvalue weighted by molar-refractivity contribution is -0.305. The number of aryl methyl sites for hydroxylation is 1. The number of aliphatic carboxylic acids is 1. The molecule has 0 spiro atoms. The summed E-state index contributed by atoms with van der Waals surface area (Å²) in [7, 11) is -3.58. The van der Waals surface area contributed by atoms with Crippen molar-refractivity contribution in [2.45, 2.75) is 43.9 Å². The van der Waals surface area contributed by atoms with Crippen LogP contribution in [-0.2, 0) is 26.0 Å². The maximum absolute atomic E-state index is 12.7. The Morgan fingerprint density at radius 3 is 2.19 bits per heavy atom. The van der Waals surface area contributed by atoms with Gasteiger partial charge in [0.2, 0.25) is 15.9 Å². The summed E-state index contributed by atoms with van der Waals surface area (Å²) in [4.78, 5) is 24.1. The van der Waals surface area contributed by atoms with E-state index in [0.29, 0.717) is 0 Å². The molecule has 0 saturated carbocycles. The van der Waals surface area contributed by atoms with Gasteiger partial charge in [-0.1, -0.05) is 25.5 Å². The van der Waals surface area contributed by atoms with Gasteiger partial charge in [-0.3, -0.25) is 4.79 Å². The SMILES string of the molecule is CCCCc1ccc(S(=O)(=O)N2CCN(C(=O)CCC(=O)[O-])CC2)cc1. The molecule has 2 rings (SSSR count). The molecule has 0 bridgehead atoms. The fourth-order valence-corrected chi connectivity index (χ4v) is 4.33. The number of unbranched alkanes of at least 4 members (excludes halogenated alkanes) is 1. The van der Waals surface area contributed by atoms with Crippen LogP contribution in [-0.4, -0.2) is 55.7 Å². The summed E-state index contributed by atoms with van der Waals surface area (Å²) in [6.07, 6.45) is 2.66. The van der Waals surface area contributed by atoms with Gasteiger partial charge in [-0.15, -0.1) is 0 Å². The van der Waals surface area contributed by atoms with Crippen LogP contribution in [0.25, 0.3) is 0 Å². The van der Waals surface area contributed by atoms with E-state index in [1.807, 2.05) is 12.1 Å². The van der Waals surface area contributed by atoms with E-state index in [4.69, 9.17) is 0 Å². The van der Waals surface area contributed by atoms with Gasteiger partial charge in [0.05, 0.1) is 4.90 Å². The molecule has 26 heavy (non-hydrogen) atoms. The van der Waals surface area contributed by atoms with Gasteiger partial charge in [-0.05, 0) is 37.0 Å². The summed E-state index contributed by atoms with van der Waals surface area (Å²) >= 11 is 0. The van der Waals surface area contributed by atoms with Crippen LogP contribution in [0.3, 0.4) is 0 Å². The van der Waals surface area contributed by atoms with Crippen molar-refractivity contribution in [3.05, 3.63) is 29.8 Å². The summed E-state index contributed by atoms with van der Waals surface area (Å²) in [5, 5.41) is 10.4. The van der Waals surface area contributed by atoms with Crippen molar-refractivity contribution in [2.24, 2.45) is 0 Å². The fourth-order valence-electron chi connectivity index (χ4n) is 2.90. The molecular formula is C18H25N2O5S-. The minimum Gasteiger partial charge on any atom is -0.550 e. The Kier molecular flexibility index (Phi) is 7.16. The Balaban J connectivity index is 1.94. The van der Waals surface area contributed by atoms with Crippen molar-refractivity contribution < 1.29 is 23.1 Å². The molecule has 0 atom stereocenters. The fraction of sp³-hybridized carbons (Fsp3) is 0.556. The van der Waals surface area contributed by atoms with Gasteiger partial charge in [0.25, 0.3) is 0 Å². The number of carbonyl (C=O) groups excluding carboxylic acids is 2. The molecule has 1 saturated heterocycles. The molecule has 1 aromatic carbocycles. The Hall–Kier alpha value is -1.93. The summed E-state index contributed by atoms with van der Waals surface area (Å²) in [6.45, 7) is 3.05. The Labute approximate surface area is 154 Å². The van der Waals surface area contributed by atoms with Crippen molar-refractivity contribution in [3.63, 3.8) is 0 Å². The quantitative estimate of drug-likeness (QED) is 0.649. The molecule has 0 aromatic heterocycles. The average molecular weight is 381 g/mol. The van der Waals surface area contributed by atoms with Crippen LogP contribution in [0.5, 0.6) is 0 Å². The van der Waals surface area contributed by atoms with Gasteiger partial charge in [0, 0.05) is 38.6 Å². The van der Waals surface area contributed by atoms with Gasteiger partial charge in [0.1, 0.15) is 0 Å². The molecule has 1 amide bonds. The summed E-state index contributed by atoms with van der Waals surface area (Å²) in [5.74, 6) is -1.55. The van der Waals surface area contributed by atoms with E-state index in [9.17, 15) is 23.1 Å². The normalized spacial score (nSPS) is 15.8. The summed E-state index contributed by atoms with van der Waals surface area (Å²) in [6, 6.07) is 6.97. The van der Waals surface area contributed by atoms with Crippen molar-refractivity contribution in [2.75, 3.05) is 26.2 Å². The maximum atomic E-state index is 12.7. The predicted molar refractivity (Wildman–Crippen MR) is 94.6 cm³/mol. The molecule has 1 aromatic rings. The van der Waals surface area contributed by atoms with Crippen LogP contribution in [0.1, 0.15) is 38.2 Å². The van der Waals surface area contributed by atoms with E-state index < -0.39 is 16.0 Å². The number of nitrogens with zero attached hydrogens (tertiary/aromatic N) is 2. The van der Waals surface area contributed by atoms with Crippen LogP contribution in [0, 0.1) is 0 Å². The second kappa shape index (κ2) is 9.14. The lowest BCUT2D eigenvalue weighted by Crippen LogP contribution is -2.50. The zero-order valence-corrected chi connectivity index (χ0v) is 15.8. The minimum absolute atomic E-state index is 0.117. The Bertz CT molecular complexity index is 722. The third-order valence-corrected chi connectivity index (χ3v) is 6.43. The molecule has 7 nitrogen and oxygen atoms in total. The number of carbonyl (C=O) groups is 2. The van der Waals surface area contributed by atoms with Crippen molar-refractivity contribution >= 4 is 21.9 Å².